The number of hydrogen-bond donors (Lipinski definition) is 1. The molecule has 1 fully saturated rings. The second kappa shape index (κ2) is 8.46. The van der Waals surface area contributed by atoms with Crippen LogP contribution in [0.5, 0.6) is 5.75 Å². The molecule has 1 amide bonds. The SMILES string of the molecule is COc1cccc2cc(C(=O)NCc3ccc(CN4CCOCC4)cc3)oc12. The van der Waals surface area contributed by atoms with Crippen molar-refractivity contribution in [3.8, 4) is 5.75 Å². The van der Waals surface area contributed by atoms with Gasteiger partial charge in [-0.25, -0.2) is 0 Å². The number of carbonyl (C=O) groups excluding carboxylic acids is 1. The molecule has 0 unspecified atom stereocenters. The van der Waals surface area contributed by atoms with Gasteiger partial charge in [0.25, 0.3) is 5.91 Å². The normalized spacial score (nSPS) is 14.9. The zero-order valence-corrected chi connectivity index (χ0v) is 15.9. The number of morpholine rings is 1. The number of furan rings is 1. The molecule has 0 bridgehead atoms. The summed E-state index contributed by atoms with van der Waals surface area (Å²) in [7, 11) is 1.58. The molecule has 2 aromatic carbocycles. The van der Waals surface area contributed by atoms with Crippen molar-refractivity contribution >= 4 is 16.9 Å². The van der Waals surface area contributed by atoms with Crippen LogP contribution in [0.1, 0.15) is 21.7 Å². The molecular formula is C22H24N2O4. The van der Waals surface area contributed by atoms with Crippen LogP contribution in [-0.2, 0) is 17.8 Å². The van der Waals surface area contributed by atoms with Crippen LogP contribution in [0.25, 0.3) is 11.0 Å². The maximum atomic E-state index is 12.5. The van der Waals surface area contributed by atoms with Crippen molar-refractivity contribution in [3.63, 3.8) is 0 Å². The second-order valence-corrected chi connectivity index (χ2v) is 6.88. The number of carbonyl (C=O) groups is 1. The minimum Gasteiger partial charge on any atom is -0.493 e. The van der Waals surface area contributed by atoms with Crippen molar-refractivity contribution in [2.45, 2.75) is 13.1 Å². The van der Waals surface area contributed by atoms with Gasteiger partial charge in [0.2, 0.25) is 0 Å². The molecule has 2 heterocycles. The van der Waals surface area contributed by atoms with Crippen molar-refractivity contribution in [3.05, 3.63) is 65.4 Å². The van der Waals surface area contributed by atoms with Crippen LogP contribution in [0.15, 0.2) is 52.9 Å². The van der Waals surface area contributed by atoms with E-state index in [1.165, 1.54) is 5.56 Å². The topological polar surface area (TPSA) is 63.9 Å². The molecule has 0 radical (unpaired) electrons. The number of nitrogens with one attached hydrogen (secondary N) is 1. The third-order valence-corrected chi connectivity index (χ3v) is 4.94. The van der Waals surface area contributed by atoms with Crippen LogP contribution >= 0.6 is 0 Å². The summed E-state index contributed by atoms with van der Waals surface area (Å²) in [5.74, 6) is 0.659. The summed E-state index contributed by atoms with van der Waals surface area (Å²) in [6.07, 6.45) is 0. The smallest absolute Gasteiger partial charge is 0.287 e. The van der Waals surface area contributed by atoms with E-state index in [1.54, 1.807) is 13.2 Å². The van der Waals surface area contributed by atoms with Gasteiger partial charge < -0.3 is 19.2 Å². The summed E-state index contributed by atoms with van der Waals surface area (Å²) in [5.41, 5.74) is 2.90. The lowest BCUT2D eigenvalue weighted by atomic mass is 10.1. The lowest BCUT2D eigenvalue weighted by Gasteiger charge is -2.26. The van der Waals surface area contributed by atoms with E-state index in [0.29, 0.717) is 17.9 Å². The van der Waals surface area contributed by atoms with E-state index in [1.807, 2.05) is 18.2 Å². The largest absolute Gasteiger partial charge is 0.493 e. The zero-order chi connectivity index (χ0) is 19.3. The Bertz CT molecular complexity index is 943. The van der Waals surface area contributed by atoms with Crippen LogP contribution in [-0.4, -0.2) is 44.2 Å². The number of rotatable bonds is 6. The van der Waals surface area contributed by atoms with E-state index in [9.17, 15) is 4.79 Å². The number of ether oxygens (including phenoxy) is 2. The van der Waals surface area contributed by atoms with E-state index in [0.717, 1.165) is 43.8 Å². The molecule has 6 heteroatoms. The van der Waals surface area contributed by atoms with E-state index in [-0.39, 0.29) is 11.7 Å². The first-order valence-electron chi connectivity index (χ1n) is 9.45. The lowest BCUT2D eigenvalue weighted by Crippen LogP contribution is -2.35. The first kappa shape index (κ1) is 18.5. The summed E-state index contributed by atoms with van der Waals surface area (Å²) < 4.78 is 16.4. The van der Waals surface area contributed by atoms with Gasteiger partial charge in [0.15, 0.2) is 17.1 Å². The Morgan fingerprint density at radius 3 is 2.61 bits per heavy atom. The van der Waals surface area contributed by atoms with Gasteiger partial charge >= 0.3 is 0 Å². The number of fused-ring (bicyclic) bond motifs is 1. The predicted molar refractivity (Wildman–Crippen MR) is 106 cm³/mol. The van der Waals surface area contributed by atoms with Gasteiger partial charge in [0, 0.05) is 31.6 Å². The third-order valence-electron chi connectivity index (χ3n) is 4.94. The summed E-state index contributed by atoms with van der Waals surface area (Å²) >= 11 is 0. The van der Waals surface area contributed by atoms with Crippen LogP contribution in [0.3, 0.4) is 0 Å². The molecule has 1 aliphatic heterocycles. The minimum absolute atomic E-state index is 0.240. The van der Waals surface area contributed by atoms with Crippen molar-refractivity contribution in [2.24, 2.45) is 0 Å². The zero-order valence-electron chi connectivity index (χ0n) is 15.9. The molecule has 0 atom stereocenters. The van der Waals surface area contributed by atoms with Crippen molar-refractivity contribution < 1.29 is 18.7 Å². The Hall–Kier alpha value is -2.83. The third kappa shape index (κ3) is 4.18. The Morgan fingerprint density at radius 1 is 1.11 bits per heavy atom. The second-order valence-electron chi connectivity index (χ2n) is 6.88. The first-order chi connectivity index (χ1) is 13.7. The van der Waals surface area contributed by atoms with E-state index in [4.69, 9.17) is 13.9 Å². The van der Waals surface area contributed by atoms with Gasteiger partial charge in [-0.2, -0.15) is 0 Å². The summed E-state index contributed by atoms with van der Waals surface area (Å²) in [6, 6.07) is 15.6. The quantitative estimate of drug-likeness (QED) is 0.711. The highest BCUT2D eigenvalue weighted by Crippen LogP contribution is 2.28. The van der Waals surface area contributed by atoms with Crippen molar-refractivity contribution in [1.82, 2.24) is 10.2 Å². The fourth-order valence-electron chi connectivity index (χ4n) is 3.36. The van der Waals surface area contributed by atoms with Gasteiger partial charge in [0.05, 0.1) is 20.3 Å². The molecule has 3 aromatic rings. The minimum atomic E-state index is -0.240. The van der Waals surface area contributed by atoms with Crippen LogP contribution in [0.4, 0.5) is 0 Å². The van der Waals surface area contributed by atoms with Gasteiger partial charge in [-0.05, 0) is 23.3 Å². The number of amides is 1. The highest BCUT2D eigenvalue weighted by molar-refractivity contribution is 5.97. The van der Waals surface area contributed by atoms with Gasteiger partial charge in [-0.1, -0.05) is 36.4 Å². The molecule has 1 aromatic heterocycles. The maximum Gasteiger partial charge on any atom is 0.287 e. The fraction of sp³-hybridized carbons (Fsp3) is 0.318. The highest BCUT2D eigenvalue weighted by atomic mass is 16.5. The van der Waals surface area contributed by atoms with E-state index in [2.05, 4.69) is 34.5 Å². The molecular weight excluding hydrogens is 356 g/mol. The van der Waals surface area contributed by atoms with Crippen molar-refractivity contribution in [1.29, 1.82) is 0 Å². The molecule has 0 aliphatic carbocycles. The standard InChI is InChI=1S/C22H24N2O4/c1-26-19-4-2-3-18-13-20(28-21(18)19)22(25)23-14-16-5-7-17(8-6-16)15-24-9-11-27-12-10-24/h2-8,13H,9-12,14-15H2,1H3,(H,23,25). The maximum absolute atomic E-state index is 12.5. The first-order valence-corrected chi connectivity index (χ1v) is 9.45. The number of methoxy groups -OCH3 is 1. The van der Waals surface area contributed by atoms with E-state index < -0.39 is 0 Å². The van der Waals surface area contributed by atoms with Crippen molar-refractivity contribution in [2.75, 3.05) is 33.4 Å². The summed E-state index contributed by atoms with van der Waals surface area (Å²) in [4.78, 5) is 14.8. The number of para-hydroxylation sites is 1. The molecule has 4 rings (SSSR count). The molecule has 28 heavy (non-hydrogen) atoms. The van der Waals surface area contributed by atoms with Gasteiger partial charge in [-0.3, -0.25) is 9.69 Å². The number of nitrogens with zero attached hydrogens (tertiary/aromatic N) is 1. The van der Waals surface area contributed by atoms with E-state index >= 15 is 0 Å². The van der Waals surface area contributed by atoms with Gasteiger partial charge in [-0.15, -0.1) is 0 Å². The van der Waals surface area contributed by atoms with Crippen LogP contribution in [0.2, 0.25) is 0 Å². The molecule has 1 saturated heterocycles. The Morgan fingerprint density at radius 2 is 1.86 bits per heavy atom. The molecule has 0 saturated carbocycles. The number of benzene rings is 2. The molecule has 1 N–H and O–H groups in total. The summed E-state index contributed by atoms with van der Waals surface area (Å²) in [6.45, 7) is 4.93. The predicted octanol–water partition coefficient (Wildman–Crippen LogP) is 3.20. The molecule has 146 valence electrons. The Kier molecular flexibility index (Phi) is 5.60. The van der Waals surface area contributed by atoms with Gasteiger partial charge in [0.1, 0.15) is 0 Å². The Labute approximate surface area is 164 Å². The van der Waals surface area contributed by atoms with Crippen LogP contribution in [0, 0.1) is 0 Å². The average Bonchev–Trinajstić information content (AvgIpc) is 3.18. The average molecular weight is 380 g/mol. The highest BCUT2D eigenvalue weighted by Gasteiger charge is 2.15. The summed E-state index contributed by atoms with van der Waals surface area (Å²) in [5, 5.41) is 3.76. The Balaban J connectivity index is 1.35. The monoisotopic (exact) mass is 380 g/mol. The molecule has 1 aliphatic rings. The molecule has 0 spiro atoms. The lowest BCUT2D eigenvalue weighted by molar-refractivity contribution is 0.0342. The van der Waals surface area contributed by atoms with Crippen LogP contribution < -0.4 is 10.1 Å². The number of hydrogen-bond acceptors (Lipinski definition) is 5. The fourth-order valence-corrected chi connectivity index (χ4v) is 3.36. The molecule has 6 nitrogen and oxygen atoms in total.